The maximum Gasteiger partial charge on any atom is 0.265 e. The average Bonchev–Trinajstić information content (AvgIpc) is 3.13. The van der Waals surface area contributed by atoms with Gasteiger partial charge in [-0.1, -0.05) is 30.3 Å². The monoisotopic (exact) mass is 359 g/mol. The van der Waals surface area contributed by atoms with Crippen molar-refractivity contribution in [2.45, 2.75) is 12.5 Å². The SMILES string of the molecule is O=C(Nc1ccccn1)c1cccc(NC(=O)C2Cc3ccccc3O2)c1. The molecule has 2 heterocycles. The number of benzene rings is 2. The first-order chi connectivity index (χ1) is 13.2. The van der Waals surface area contributed by atoms with Gasteiger partial charge in [-0.05, 0) is 42.0 Å². The first-order valence-electron chi connectivity index (χ1n) is 8.57. The number of hydrogen-bond donors (Lipinski definition) is 2. The highest BCUT2D eigenvalue weighted by molar-refractivity contribution is 6.05. The smallest absolute Gasteiger partial charge is 0.265 e. The van der Waals surface area contributed by atoms with Crippen molar-refractivity contribution in [3.8, 4) is 5.75 Å². The van der Waals surface area contributed by atoms with E-state index in [4.69, 9.17) is 4.74 Å². The number of anilines is 2. The van der Waals surface area contributed by atoms with E-state index in [-0.39, 0.29) is 11.8 Å². The van der Waals surface area contributed by atoms with E-state index in [1.807, 2.05) is 24.3 Å². The minimum atomic E-state index is -0.576. The van der Waals surface area contributed by atoms with Crippen molar-refractivity contribution >= 4 is 23.3 Å². The summed E-state index contributed by atoms with van der Waals surface area (Å²) in [5.74, 6) is 0.665. The zero-order valence-electron chi connectivity index (χ0n) is 14.4. The van der Waals surface area contributed by atoms with E-state index >= 15 is 0 Å². The Balaban J connectivity index is 1.42. The summed E-state index contributed by atoms with van der Waals surface area (Å²) in [6, 6.07) is 19.6. The van der Waals surface area contributed by atoms with Crippen LogP contribution in [0.5, 0.6) is 5.75 Å². The molecule has 6 heteroatoms. The van der Waals surface area contributed by atoms with Gasteiger partial charge in [0, 0.05) is 23.9 Å². The number of hydrogen-bond acceptors (Lipinski definition) is 4. The number of nitrogens with zero attached hydrogens (tertiary/aromatic N) is 1. The third-order valence-electron chi connectivity index (χ3n) is 4.24. The molecule has 1 aromatic heterocycles. The van der Waals surface area contributed by atoms with Gasteiger partial charge in [0.05, 0.1) is 0 Å². The molecule has 4 rings (SSSR count). The van der Waals surface area contributed by atoms with Crippen molar-refractivity contribution < 1.29 is 14.3 Å². The second-order valence-corrected chi connectivity index (χ2v) is 6.16. The molecule has 0 spiro atoms. The fraction of sp³-hybridized carbons (Fsp3) is 0.0952. The van der Waals surface area contributed by atoms with Crippen molar-refractivity contribution in [1.82, 2.24) is 4.98 Å². The number of aromatic nitrogens is 1. The summed E-state index contributed by atoms with van der Waals surface area (Å²) < 4.78 is 5.70. The molecule has 2 aromatic carbocycles. The summed E-state index contributed by atoms with van der Waals surface area (Å²) in [7, 11) is 0. The Morgan fingerprint density at radius 3 is 2.63 bits per heavy atom. The van der Waals surface area contributed by atoms with E-state index < -0.39 is 6.10 Å². The number of carbonyl (C=O) groups is 2. The molecule has 3 aromatic rings. The van der Waals surface area contributed by atoms with Crippen LogP contribution in [0.3, 0.4) is 0 Å². The molecule has 0 aliphatic carbocycles. The molecule has 2 N–H and O–H groups in total. The molecule has 2 amide bonds. The van der Waals surface area contributed by atoms with Crippen LogP contribution in [0.15, 0.2) is 72.9 Å². The highest BCUT2D eigenvalue weighted by Crippen LogP contribution is 2.28. The molecule has 27 heavy (non-hydrogen) atoms. The standard InChI is InChI=1S/C21H17N3O3/c25-20(24-19-10-3-4-11-22-19)15-7-5-8-16(12-15)23-21(26)18-13-14-6-1-2-9-17(14)27-18/h1-12,18H,13H2,(H,23,26)(H,22,24,25). The number of para-hydroxylation sites is 1. The van der Waals surface area contributed by atoms with E-state index in [2.05, 4.69) is 15.6 Å². The molecule has 0 bridgehead atoms. The Morgan fingerprint density at radius 2 is 1.81 bits per heavy atom. The van der Waals surface area contributed by atoms with Crippen molar-refractivity contribution in [2.75, 3.05) is 10.6 Å². The molecule has 1 unspecified atom stereocenters. The third kappa shape index (κ3) is 3.79. The minimum absolute atomic E-state index is 0.242. The number of carbonyl (C=O) groups excluding carboxylic acids is 2. The van der Waals surface area contributed by atoms with Gasteiger partial charge < -0.3 is 15.4 Å². The summed E-state index contributed by atoms with van der Waals surface area (Å²) in [6.45, 7) is 0. The highest BCUT2D eigenvalue weighted by Gasteiger charge is 2.28. The van der Waals surface area contributed by atoms with Crippen LogP contribution in [0, 0.1) is 0 Å². The van der Waals surface area contributed by atoms with Gasteiger partial charge in [0.2, 0.25) is 0 Å². The van der Waals surface area contributed by atoms with Crippen molar-refractivity contribution in [1.29, 1.82) is 0 Å². The zero-order chi connectivity index (χ0) is 18.6. The van der Waals surface area contributed by atoms with Gasteiger partial charge in [-0.2, -0.15) is 0 Å². The second-order valence-electron chi connectivity index (χ2n) is 6.16. The number of rotatable bonds is 4. The van der Waals surface area contributed by atoms with Crippen LogP contribution >= 0.6 is 0 Å². The number of ether oxygens (including phenoxy) is 1. The Morgan fingerprint density at radius 1 is 0.963 bits per heavy atom. The largest absolute Gasteiger partial charge is 0.480 e. The van der Waals surface area contributed by atoms with Crippen LogP contribution in [0.4, 0.5) is 11.5 Å². The van der Waals surface area contributed by atoms with Crippen LogP contribution in [0.1, 0.15) is 15.9 Å². The lowest BCUT2D eigenvalue weighted by atomic mass is 10.1. The molecular formula is C21H17N3O3. The number of amides is 2. The van der Waals surface area contributed by atoms with Crippen LogP contribution in [0.25, 0.3) is 0 Å². The van der Waals surface area contributed by atoms with E-state index in [0.717, 1.165) is 11.3 Å². The predicted molar refractivity (Wildman–Crippen MR) is 102 cm³/mol. The van der Waals surface area contributed by atoms with Gasteiger partial charge in [0.25, 0.3) is 11.8 Å². The third-order valence-corrected chi connectivity index (χ3v) is 4.24. The van der Waals surface area contributed by atoms with Gasteiger partial charge in [0.1, 0.15) is 11.6 Å². The summed E-state index contributed by atoms with van der Waals surface area (Å²) >= 11 is 0. The van der Waals surface area contributed by atoms with Crippen molar-refractivity contribution in [3.63, 3.8) is 0 Å². The maximum absolute atomic E-state index is 12.5. The van der Waals surface area contributed by atoms with Gasteiger partial charge in [-0.3, -0.25) is 9.59 Å². The van der Waals surface area contributed by atoms with Crippen LogP contribution in [-0.4, -0.2) is 22.9 Å². The van der Waals surface area contributed by atoms with Crippen LogP contribution < -0.4 is 15.4 Å². The summed E-state index contributed by atoms with van der Waals surface area (Å²) in [6.07, 6.45) is 1.56. The first-order valence-corrected chi connectivity index (χ1v) is 8.57. The summed E-state index contributed by atoms with van der Waals surface area (Å²) in [4.78, 5) is 28.9. The normalized spacial score (nSPS) is 14.7. The Bertz CT molecular complexity index is 964. The van der Waals surface area contributed by atoms with Crippen LogP contribution in [0.2, 0.25) is 0 Å². The topological polar surface area (TPSA) is 80.3 Å². The van der Waals surface area contributed by atoms with Crippen molar-refractivity contribution in [3.05, 3.63) is 84.1 Å². The van der Waals surface area contributed by atoms with Gasteiger partial charge in [0.15, 0.2) is 6.10 Å². The van der Waals surface area contributed by atoms with E-state index in [0.29, 0.717) is 23.5 Å². The molecule has 0 fully saturated rings. The van der Waals surface area contributed by atoms with Crippen LogP contribution in [-0.2, 0) is 11.2 Å². The molecule has 0 saturated carbocycles. The molecule has 1 aliphatic rings. The average molecular weight is 359 g/mol. The lowest BCUT2D eigenvalue weighted by molar-refractivity contribution is -0.122. The quantitative estimate of drug-likeness (QED) is 0.749. The number of pyridine rings is 1. The molecule has 0 radical (unpaired) electrons. The van der Waals surface area contributed by atoms with E-state index in [1.165, 1.54) is 0 Å². The van der Waals surface area contributed by atoms with Gasteiger partial charge >= 0.3 is 0 Å². The van der Waals surface area contributed by atoms with Gasteiger partial charge in [-0.15, -0.1) is 0 Å². The summed E-state index contributed by atoms with van der Waals surface area (Å²) in [5.41, 5.74) is 1.98. The molecule has 134 valence electrons. The minimum Gasteiger partial charge on any atom is -0.480 e. The van der Waals surface area contributed by atoms with E-state index in [1.54, 1.807) is 48.7 Å². The molecular weight excluding hydrogens is 342 g/mol. The molecule has 6 nitrogen and oxygen atoms in total. The zero-order valence-corrected chi connectivity index (χ0v) is 14.4. The Kier molecular flexibility index (Phi) is 4.53. The highest BCUT2D eigenvalue weighted by atomic mass is 16.5. The first kappa shape index (κ1) is 16.8. The molecule has 1 atom stereocenters. The Hall–Kier alpha value is -3.67. The number of nitrogens with one attached hydrogen (secondary N) is 2. The fourth-order valence-corrected chi connectivity index (χ4v) is 2.91. The second kappa shape index (κ2) is 7.29. The predicted octanol–water partition coefficient (Wildman–Crippen LogP) is 3.28. The fourth-order valence-electron chi connectivity index (χ4n) is 2.91. The lowest BCUT2D eigenvalue weighted by Crippen LogP contribution is -2.31. The lowest BCUT2D eigenvalue weighted by Gasteiger charge is -2.12. The number of fused-ring (bicyclic) bond motifs is 1. The summed E-state index contributed by atoms with van der Waals surface area (Å²) in [5, 5.41) is 5.54. The molecule has 1 aliphatic heterocycles. The Labute approximate surface area is 156 Å². The van der Waals surface area contributed by atoms with Gasteiger partial charge in [-0.25, -0.2) is 4.98 Å². The van der Waals surface area contributed by atoms with Crippen molar-refractivity contribution in [2.24, 2.45) is 0 Å². The maximum atomic E-state index is 12.5. The molecule has 0 saturated heterocycles. The van der Waals surface area contributed by atoms with E-state index in [9.17, 15) is 9.59 Å².